The second-order valence-corrected chi connectivity index (χ2v) is 14.2. The predicted octanol–water partition coefficient (Wildman–Crippen LogP) is 6.21. The van der Waals surface area contributed by atoms with Gasteiger partial charge in [-0.1, -0.05) is 88.4 Å². The second kappa shape index (κ2) is 9.42. The first kappa shape index (κ1) is 22.7. The Bertz CT molecular complexity index is 934. The van der Waals surface area contributed by atoms with Crippen LogP contribution < -0.4 is 10.4 Å². The molecule has 0 saturated carbocycles. The van der Waals surface area contributed by atoms with Gasteiger partial charge < -0.3 is 4.43 Å². The van der Waals surface area contributed by atoms with E-state index in [1.165, 1.54) is 15.9 Å². The molecule has 0 fully saturated rings. The van der Waals surface area contributed by atoms with E-state index in [2.05, 4.69) is 112 Å². The number of thiazole rings is 1. The molecule has 1 atom stereocenters. The van der Waals surface area contributed by atoms with Crippen molar-refractivity contribution in [1.82, 2.24) is 4.98 Å². The molecule has 3 rings (SSSR count). The van der Waals surface area contributed by atoms with Crippen LogP contribution in [0.3, 0.4) is 0 Å². The zero-order valence-electron chi connectivity index (χ0n) is 19.0. The summed E-state index contributed by atoms with van der Waals surface area (Å²) in [6.45, 7) is 13.4. The third-order valence-corrected chi connectivity index (χ3v) is 11.5. The van der Waals surface area contributed by atoms with Gasteiger partial charge in [0.2, 0.25) is 0 Å². The Labute approximate surface area is 186 Å². The van der Waals surface area contributed by atoms with Crippen molar-refractivity contribution >= 4 is 36.1 Å². The summed E-state index contributed by atoms with van der Waals surface area (Å²) >= 11 is 1.69. The van der Waals surface area contributed by atoms with Crippen molar-refractivity contribution < 1.29 is 4.43 Å². The molecule has 0 aliphatic carbocycles. The first-order valence-corrected chi connectivity index (χ1v) is 13.5. The lowest BCUT2D eigenvalue weighted by Gasteiger charge is -2.45. The van der Waals surface area contributed by atoms with Crippen LogP contribution >= 0.6 is 11.3 Å². The first-order valence-electron chi connectivity index (χ1n) is 10.7. The Morgan fingerprint density at radius 2 is 1.57 bits per heavy atom. The minimum Gasteiger partial charge on any atom is -0.401 e. The van der Waals surface area contributed by atoms with Crippen molar-refractivity contribution in [3.63, 3.8) is 0 Å². The largest absolute Gasteiger partial charge is 0.401 e. The number of nitrogens with zero attached hydrogens (tertiary/aromatic N) is 1. The van der Waals surface area contributed by atoms with E-state index in [4.69, 9.17) is 4.43 Å². The lowest BCUT2D eigenvalue weighted by Crippen LogP contribution is -2.67. The zero-order valence-corrected chi connectivity index (χ0v) is 20.8. The molecule has 1 aromatic heterocycles. The predicted molar refractivity (Wildman–Crippen MR) is 133 cm³/mol. The maximum absolute atomic E-state index is 7.31. The van der Waals surface area contributed by atoms with E-state index in [1.807, 2.05) is 6.92 Å². The van der Waals surface area contributed by atoms with E-state index in [0.29, 0.717) is 0 Å². The number of rotatable bonds is 7. The van der Waals surface area contributed by atoms with Gasteiger partial charge in [0.25, 0.3) is 8.32 Å². The standard InChI is InChI=1S/C26H33NOSSi/c1-7-25(20(2)18-22-19-29-21(3)27-22)28-30(26(4,5)6,23-14-10-8-11-15-23)24-16-12-9-13-17-24/h8-19,25H,7H2,1-6H3/b20-18+/t25-/m1/s1. The Morgan fingerprint density at radius 3 is 1.97 bits per heavy atom. The van der Waals surface area contributed by atoms with Crippen molar-refractivity contribution in [3.8, 4) is 0 Å². The zero-order chi connectivity index (χ0) is 21.8. The van der Waals surface area contributed by atoms with E-state index < -0.39 is 8.32 Å². The Morgan fingerprint density at radius 1 is 1.03 bits per heavy atom. The van der Waals surface area contributed by atoms with Crippen LogP contribution in [0.1, 0.15) is 51.7 Å². The fraction of sp³-hybridized carbons (Fsp3) is 0.346. The van der Waals surface area contributed by atoms with E-state index >= 15 is 0 Å². The SMILES string of the molecule is CC[C@@H](O[Si](c1ccccc1)(c1ccccc1)C(C)(C)C)/C(C)=C/c1csc(C)n1. The fourth-order valence-corrected chi connectivity index (χ4v) is 9.54. The highest BCUT2D eigenvalue weighted by atomic mass is 32.1. The highest BCUT2D eigenvalue weighted by Gasteiger charge is 2.51. The van der Waals surface area contributed by atoms with Gasteiger partial charge >= 0.3 is 0 Å². The number of aromatic nitrogens is 1. The summed E-state index contributed by atoms with van der Waals surface area (Å²) in [4.78, 5) is 4.63. The molecule has 0 bridgehead atoms. The highest BCUT2D eigenvalue weighted by Crippen LogP contribution is 2.38. The normalized spacial score (nSPS) is 14.0. The van der Waals surface area contributed by atoms with Gasteiger partial charge in [-0.25, -0.2) is 4.98 Å². The van der Waals surface area contributed by atoms with Gasteiger partial charge in [-0.05, 0) is 47.3 Å². The number of hydrogen-bond donors (Lipinski definition) is 0. The van der Waals surface area contributed by atoms with Crippen molar-refractivity contribution in [2.45, 2.75) is 59.1 Å². The summed E-state index contributed by atoms with van der Waals surface area (Å²) in [6.07, 6.45) is 3.16. The molecule has 30 heavy (non-hydrogen) atoms. The molecule has 158 valence electrons. The molecule has 1 heterocycles. The molecule has 0 unspecified atom stereocenters. The third-order valence-electron chi connectivity index (χ3n) is 5.63. The van der Waals surface area contributed by atoms with Crippen LogP contribution in [0.4, 0.5) is 0 Å². The summed E-state index contributed by atoms with van der Waals surface area (Å²) in [5.41, 5.74) is 2.26. The fourth-order valence-electron chi connectivity index (χ4n) is 4.18. The van der Waals surface area contributed by atoms with Gasteiger partial charge in [-0.15, -0.1) is 11.3 Å². The van der Waals surface area contributed by atoms with Crippen molar-refractivity contribution in [2.75, 3.05) is 0 Å². The molecular formula is C26H33NOSSi. The van der Waals surface area contributed by atoms with Crippen molar-refractivity contribution in [3.05, 3.63) is 82.3 Å². The van der Waals surface area contributed by atoms with Crippen LogP contribution in [0.25, 0.3) is 6.08 Å². The molecule has 0 radical (unpaired) electrons. The summed E-state index contributed by atoms with van der Waals surface area (Å²) in [5.74, 6) is 0. The maximum atomic E-state index is 7.31. The summed E-state index contributed by atoms with van der Waals surface area (Å²) in [6, 6.07) is 21.7. The maximum Gasteiger partial charge on any atom is 0.261 e. The molecule has 0 spiro atoms. The average Bonchev–Trinajstić information content (AvgIpc) is 3.14. The van der Waals surface area contributed by atoms with E-state index in [9.17, 15) is 0 Å². The van der Waals surface area contributed by atoms with Crippen LogP contribution in [0.5, 0.6) is 0 Å². The smallest absolute Gasteiger partial charge is 0.261 e. The van der Waals surface area contributed by atoms with Crippen LogP contribution in [0.15, 0.2) is 71.6 Å². The number of hydrogen-bond acceptors (Lipinski definition) is 3. The van der Waals surface area contributed by atoms with Gasteiger partial charge in [0.15, 0.2) is 0 Å². The minimum atomic E-state index is -2.57. The molecule has 4 heteroatoms. The third kappa shape index (κ3) is 4.66. The first-order chi connectivity index (χ1) is 14.3. The Balaban J connectivity index is 2.13. The summed E-state index contributed by atoms with van der Waals surface area (Å²) < 4.78 is 7.31. The topological polar surface area (TPSA) is 22.1 Å². The summed E-state index contributed by atoms with van der Waals surface area (Å²) in [5, 5.41) is 5.82. The van der Waals surface area contributed by atoms with Crippen LogP contribution in [0.2, 0.25) is 5.04 Å². The van der Waals surface area contributed by atoms with Crippen LogP contribution in [-0.2, 0) is 4.43 Å². The van der Waals surface area contributed by atoms with E-state index in [1.54, 1.807) is 11.3 Å². The van der Waals surface area contributed by atoms with E-state index in [0.717, 1.165) is 17.1 Å². The second-order valence-electron chi connectivity index (χ2n) is 8.86. The van der Waals surface area contributed by atoms with Gasteiger partial charge in [0.05, 0.1) is 16.8 Å². The average molecular weight is 436 g/mol. The molecule has 0 aliphatic rings. The highest BCUT2D eigenvalue weighted by molar-refractivity contribution is 7.09. The lowest BCUT2D eigenvalue weighted by atomic mass is 10.1. The van der Waals surface area contributed by atoms with Crippen molar-refractivity contribution in [2.24, 2.45) is 0 Å². The van der Waals surface area contributed by atoms with Crippen LogP contribution in [-0.4, -0.2) is 19.4 Å². The van der Waals surface area contributed by atoms with Crippen molar-refractivity contribution in [1.29, 1.82) is 0 Å². The van der Waals surface area contributed by atoms with Crippen LogP contribution in [0, 0.1) is 6.92 Å². The quantitative estimate of drug-likeness (QED) is 0.412. The van der Waals surface area contributed by atoms with Gasteiger partial charge in [0.1, 0.15) is 0 Å². The van der Waals surface area contributed by atoms with Gasteiger partial charge in [0, 0.05) is 5.38 Å². The molecular weight excluding hydrogens is 402 g/mol. The molecule has 3 aromatic rings. The van der Waals surface area contributed by atoms with Gasteiger partial charge in [-0.3, -0.25) is 0 Å². The Hall–Kier alpha value is -2.01. The molecule has 2 nitrogen and oxygen atoms in total. The minimum absolute atomic E-state index is 0.0272. The molecule has 2 aromatic carbocycles. The van der Waals surface area contributed by atoms with E-state index in [-0.39, 0.29) is 11.1 Å². The molecule has 0 N–H and O–H groups in total. The van der Waals surface area contributed by atoms with Gasteiger partial charge in [-0.2, -0.15) is 0 Å². The number of aryl methyl sites for hydroxylation is 1. The monoisotopic (exact) mass is 435 g/mol. The Kier molecular flexibility index (Phi) is 7.12. The summed E-state index contributed by atoms with van der Waals surface area (Å²) in [7, 11) is -2.57. The lowest BCUT2D eigenvalue weighted by molar-refractivity contribution is 0.218. The molecule has 0 saturated heterocycles. The molecule has 0 amide bonds. The number of benzene rings is 2. The molecule has 0 aliphatic heterocycles.